The third-order valence-corrected chi connectivity index (χ3v) is 2.12. The molecule has 0 aromatic rings. The summed E-state index contributed by atoms with van der Waals surface area (Å²) in [6, 6.07) is 0.0978. The lowest BCUT2D eigenvalue weighted by molar-refractivity contribution is -0.140. The zero-order valence-electron chi connectivity index (χ0n) is 8.72. The van der Waals surface area contributed by atoms with E-state index >= 15 is 0 Å². The molecule has 0 aliphatic carbocycles. The van der Waals surface area contributed by atoms with Gasteiger partial charge in [-0.1, -0.05) is 5.57 Å². The number of carbonyl (C=O) groups excluding carboxylic acids is 2. The highest BCUT2D eigenvalue weighted by Crippen LogP contribution is 2.17. The fourth-order valence-electron chi connectivity index (χ4n) is 1.57. The van der Waals surface area contributed by atoms with Crippen LogP contribution < -0.4 is 5.32 Å². The summed E-state index contributed by atoms with van der Waals surface area (Å²) in [6.07, 6.45) is 0.708. The Labute approximate surface area is 83.3 Å². The van der Waals surface area contributed by atoms with Crippen molar-refractivity contribution in [1.82, 2.24) is 5.32 Å². The van der Waals surface area contributed by atoms with E-state index in [-0.39, 0.29) is 17.5 Å². The number of hydrogen-bond acceptors (Lipinski definition) is 3. The van der Waals surface area contributed by atoms with Crippen LogP contribution in [0.25, 0.3) is 0 Å². The van der Waals surface area contributed by atoms with E-state index in [9.17, 15) is 9.59 Å². The topological polar surface area (TPSA) is 55.4 Å². The zero-order chi connectivity index (χ0) is 10.7. The SMILES string of the molecule is CCOC(=O)C1=C(C)CC(C)NC1=O. The first-order valence-corrected chi connectivity index (χ1v) is 4.74. The fourth-order valence-corrected chi connectivity index (χ4v) is 1.57. The fraction of sp³-hybridized carbons (Fsp3) is 0.600. The van der Waals surface area contributed by atoms with Gasteiger partial charge < -0.3 is 10.1 Å². The molecule has 78 valence electrons. The first-order chi connectivity index (χ1) is 6.56. The standard InChI is InChI=1S/C10H15NO3/c1-4-14-10(13)8-6(2)5-7(3)11-9(8)12/h7H,4-5H2,1-3H3,(H,11,12). The monoisotopic (exact) mass is 197 g/mol. The van der Waals surface area contributed by atoms with Crippen LogP contribution in [0.2, 0.25) is 0 Å². The van der Waals surface area contributed by atoms with Crippen molar-refractivity contribution in [3.8, 4) is 0 Å². The van der Waals surface area contributed by atoms with Crippen molar-refractivity contribution < 1.29 is 14.3 Å². The molecule has 1 aliphatic heterocycles. The third-order valence-electron chi connectivity index (χ3n) is 2.12. The first-order valence-electron chi connectivity index (χ1n) is 4.74. The third kappa shape index (κ3) is 2.13. The van der Waals surface area contributed by atoms with E-state index in [0.29, 0.717) is 13.0 Å². The van der Waals surface area contributed by atoms with E-state index in [0.717, 1.165) is 5.57 Å². The maximum absolute atomic E-state index is 11.5. The Morgan fingerprint density at radius 3 is 2.79 bits per heavy atom. The molecule has 1 atom stereocenters. The highest BCUT2D eigenvalue weighted by Gasteiger charge is 2.28. The maximum Gasteiger partial charge on any atom is 0.343 e. The van der Waals surface area contributed by atoms with Crippen LogP contribution in [0.15, 0.2) is 11.1 Å². The van der Waals surface area contributed by atoms with Gasteiger partial charge in [0.1, 0.15) is 5.57 Å². The Morgan fingerprint density at radius 2 is 2.29 bits per heavy atom. The van der Waals surface area contributed by atoms with Gasteiger partial charge in [0.05, 0.1) is 6.61 Å². The summed E-state index contributed by atoms with van der Waals surface area (Å²) in [7, 11) is 0. The quantitative estimate of drug-likeness (QED) is 0.525. The minimum absolute atomic E-state index is 0.0978. The van der Waals surface area contributed by atoms with Crippen LogP contribution in [0.4, 0.5) is 0 Å². The van der Waals surface area contributed by atoms with Gasteiger partial charge in [-0.3, -0.25) is 4.79 Å². The summed E-state index contributed by atoms with van der Waals surface area (Å²) in [5, 5.41) is 2.70. The average molecular weight is 197 g/mol. The lowest BCUT2D eigenvalue weighted by Gasteiger charge is -2.22. The molecule has 1 amide bonds. The van der Waals surface area contributed by atoms with Gasteiger partial charge in [0.15, 0.2) is 0 Å². The predicted molar refractivity (Wildman–Crippen MR) is 51.6 cm³/mol. The number of carbonyl (C=O) groups is 2. The maximum atomic E-state index is 11.5. The Balaban J connectivity index is 2.89. The number of rotatable bonds is 2. The van der Waals surface area contributed by atoms with Crippen LogP contribution in [0.1, 0.15) is 27.2 Å². The smallest absolute Gasteiger partial charge is 0.343 e. The van der Waals surface area contributed by atoms with Crippen molar-refractivity contribution >= 4 is 11.9 Å². The molecule has 0 spiro atoms. The number of esters is 1. The largest absolute Gasteiger partial charge is 0.462 e. The van der Waals surface area contributed by atoms with Crippen LogP contribution in [0.5, 0.6) is 0 Å². The molecule has 0 aromatic carbocycles. The molecular formula is C10H15NO3. The van der Waals surface area contributed by atoms with Gasteiger partial charge in [-0.05, 0) is 27.2 Å². The molecule has 0 aromatic heterocycles. The van der Waals surface area contributed by atoms with E-state index in [1.165, 1.54) is 0 Å². The number of hydrogen-bond donors (Lipinski definition) is 1. The minimum Gasteiger partial charge on any atom is -0.462 e. The van der Waals surface area contributed by atoms with E-state index < -0.39 is 5.97 Å². The van der Waals surface area contributed by atoms with Crippen LogP contribution in [-0.4, -0.2) is 24.5 Å². The molecule has 1 aliphatic rings. The van der Waals surface area contributed by atoms with Crippen LogP contribution >= 0.6 is 0 Å². The normalized spacial score (nSPS) is 21.9. The number of nitrogens with one attached hydrogen (secondary N) is 1. The van der Waals surface area contributed by atoms with Crippen LogP contribution in [0, 0.1) is 0 Å². The lowest BCUT2D eigenvalue weighted by Crippen LogP contribution is -2.40. The minimum atomic E-state index is -0.519. The molecule has 1 rings (SSSR count). The van der Waals surface area contributed by atoms with Gasteiger partial charge in [-0.2, -0.15) is 0 Å². The Hall–Kier alpha value is -1.32. The average Bonchev–Trinajstić information content (AvgIpc) is 2.01. The second-order valence-corrected chi connectivity index (χ2v) is 3.45. The van der Waals surface area contributed by atoms with E-state index in [1.807, 2.05) is 6.92 Å². The van der Waals surface area contributed by atoms with Gasteiger partial charge in [-0.25, -0.2) is 4.79 Å². The molecule has 1 unspecified atom stereocenters. The van der Waals surface area contributed by atoms with Gasteiger partial charge in [0.25, 0.3) is 5.91 Å². The van der Waals surface area contributed by atoms with Crippen molar-refractivity contribution in [2.45, 2.75) is 33.2 Å². The van der Waals surface area contributed by atoms with Crippen molar-refractivity contribution in [2.24, 2.45) is 0 Å². The molecule has 0 saturated heterocycles. The lowest BCUT2D eigenvalue weighted by atomic mass is 9.97. The molecule has 1 N–H and O–H groups in total. The van der Waals surface area contributed by atoms with E-state index in [2.05, 4.69) is 5.32 Å². The van der Waals surface area contributed by atoms with Gasteiger partial charge >= 0.3 is 5.97 Å². The molecule has 0 fully saturated rings. The molecule has 4 heteroatoms. The Bertz CT molecular complexity index is 294. The Morgan fingerprint density at radius 1 is 1.64 bits per heavy atom. The van der Waals surface area contributed by atoms with Crippen LogP contribution in [0.3, 0.4) is 0 Å². The van der Waals surface area contributed by atoms with Crippen molar-refractivity contribution in [2.75, 3.05) is 6.61 Å². The summed E-state index contributed by atoms with van der Waals surface area (Å²) < 4.78 is 4.80. The van der Waals surface area contributed by atoms with E-state index in [4.69, 9.17) is 4.74 Å². The Kier molecular flexibility index (Phi) is 3.28. The summed E-state index contributed by atoms with van der Waals surface area (Å²) in [6.45, 7) is 5.71. The highest BCUT2D eigenvalue weighted by atomic mass is 16.5. The number of ether oxygens (including phenoxy) is 1. The molecule has 0 saturated carbocycles. The summed E-state index contributed by atoms with van der Waals surface area (Å²) in [5.41, 5.74) is 0.977. The second kappa shape index (κ2) is 4.26. The molecule has 4 nitrogen and oxygen atoms in total. The summed E-state index contributed by atoms with van der Waals surface area (Å²) in [4.78, 5) is 22.8. The molecular weight excluding hydrogens is 182 g/mol. The molecule has 1 heterocycles. The second-order valence-electron chi connectivity index (χ2n) is 3.45. The molecule has 0 bridgehead atoms. The van der Waals surface area contributed by atoms with Gasteiger partial charge in [0, 0.05) is 6.04 Å². The first kappa shape index (κ1) is 10.8. The zero-order valence-corrected chi connectivity index (χ0v) is 8.72. The van der Waals surface area contributed by atoms with Gasteiger partial charge in [0.2, 0.25) is 0 Å². The van der Waals surface area contributed by atoms with Crippen LogP contribution in [-0.2, 0) is 14.3 Å². The number of amides is 1. The summed E-state index contributed by atoms with van der Waals surface area (Å²) >= 11 is 0. The highest BCUT2D eigenvalue weighted by molar-refractivity contribution is 6.17. The van der Waals surface area contributed by atoms with Crippen molar-refractivity contribution in [3.63, 3.8) is 0 Å². The summed E-state index contributed by atoms with van der Waals surface area (Å²) in [5.74, 6) is -0.839. The van der Waals surface area contributed by atoms with E-state index in [1.54, 1.807) is 13.8 Å². The van der Waals surface area contributed by atoms with Crippen molar-refractivity contribution in [3.05, 3.63) is 11.1 Å². The predicted octanol–water partition coefficient (Wildman–Crippen LogP) is 0.774. The van der Waals surface area contributed by atoms with Gasteiger partial charge in [-0.15, -0.1) is 0 Å². The van der Waals surface area contributed by atoms with Crippen molar-refractivity contribution in [1.29, 1.82) is 0 Å². The molecule has 0 radical (unpaired) electrons. The molecule has 14 heavy (non-hydrogen) atoms.